The first-order chi connectivity index (χ1) is 7.68. The molecule has 0 N–H and O–H groups in total. The van der Waals surface area contributed by atoms with Crippen molar-refractivity contribution in [2.75, 3.05) is 0 Å². The van der Waals surface area contributed by atoms with Gasteiger partial charge in [-0.3, -0.25) is 0 Å². The van der Waals surface area contributed by atoms with E-state index in [9.17, 15) is 0 Å². The SMILES string of the molecule is CC.Cc1noc(-c2ccc(Br)cc2)c1C. The fraction of sp³-hybridized carbons (Fsp3) is 0.308. The predicted molar refractivity (Wildman–Crippen MR) is 70.5 cm³/mol. The Morgan fingerprint density at radius 1 is 1.06 bits per heavy atom. The molecule has 3 heteroatoms. The zero-order valence-electron chi connectivity index (χ0n) is 10.0. The maximum atomic E-state index is 5.26. The molecule has 0 bridgehead atoms. The van der Waals surface area contributed by atoms with Gasteiger partial charge in [0.1, 0.15) is 0 Å². The monoisotopic (exact) mass is 281 g/mol. The lowest BCUT2D eigenvalue weighted by Crippen LogP contribution is -1.78. The van der Waals surface area contributed by atoms with Crippen molar-refractivity contribution in [2.45, 2.75) is 27.7 Å². The van der Waals surface area contributed by atoms with Crippen molar-refractivity contribution in [1.82, 2.24) is 5.16 Å². The van der Waals surface area contributed by atoms with Crippen LogP contribution in [-0.4, -0.2) is 5.16 Å². The number of aromatic nitrogens is 1. The standard InChI is InChI=1S/C11H10BrNO.C2H6/c1-7-8(2)13-14-11(7)9-3-5-10(12)6-4-9;1-2/h3-6H,1-2H3;1-2H3. The second kappa shape index (κ2) is 5.85. The molecule has 0 amide bonds. The van der Waals surface area contributed by atoms with Gasteiger partial charge in [0.15, 0.2) is 5.76 Å². The van der Waals surface area contributed by atoms with Crippen LogP contribution in [0.1, 0.15) is 25.1 Å². The first-order valence-electron chi connectivity index (χ1n) is 5.37. The maximum absolute atomic E-state index is 5.26. The zero-order chi connectivity index (χ0) is 12.1. The van der Waals surface area contributed by atoms with Gasteiger partial charge in [-0.15, -0.1) is 0 Å². The number of benzene rings is 1. The first kappa shape index (κ1) is 13.0. The smallest absolute Gasteiger partial charge is 0.170 e. The Balaban J connectivity index is 0.000000606. The van der Waals surface area contributed by atoms with Crippen molar-refractivity contribution in [3.8, 4) is 11.3 Å². The molecule has 0 fully saturated rings. The van der Waals surface area contributed by atoms with Gasteiger partial charge in [0.25, 0.3) is 0 Å². The van der Waals surface area contributed by atoms with Crippen LogP contribution < -0.4 is 0 Å². The minimum Gasteiger partial charge on any atom is -0.356 e. The molecular formula is C13H16BrNO. The zero-order valence-corrected chi connectivity index (χ0v) is 11.6. The van der Waals surface area contributed by atoms with Crippen molar-refractivity contribution >= 4 is 15.9 Å². The highest BCUT2D eigenvalue weighted by Gasteiger charge is 2.09. The molecule has 2 aromatic rings. The molecule has 0 unspecified atom stereocenters. The molecule has 0 spiro atoms. The second-order valence-corrected chi connectivity index (χ2v) is 4.14. The van der Waals surface area contributed by atoms with E-state index in [1.807, 2.05) is 52.0 Å². The van der Waals surface area contributed by atoms with Gasteiger partial charge >= 0.3 is 0 Å². The molecule has 0 aliphatic rings. The van der Waals surface area contributed by atoms with Crippen molar-refractivity contribution in [3.63, 3.8) is 0 Å². The lowest BCUT2D eigenvalue weighted by Gasteiger charge is -1.97. The van der Waals surface area contributed by atoms with Gasteiger partial charge in [-0.25, -0.2) is 0 Å². The van der Waals surface area contributed by atoms with E-state index in [0.717, 1.165) is 27.1 Å². The van der Waals surface area contributed by atoms with Gasteiger partial charge in [-0.2, -0.15) is 0 Å². The summed E-state index contributed by atoms with van der Waals surface area (Å²) >= 11 is 3.40. The van der Waals surface area contributed by atoms with Gasteiger partial charge < -0.3 is 4.52 Å². The van der Waals surface area contributed by atoms with Crippen molar-refractivity contribution < 1.29 is 4.52 Å². The molecule has 0 radical (unpaired) electrons. The Labute approximate surface area is 105 Å². The molecule has 2 nitrogen and oxygen atoms in total. The lowest BCUT2D eigenvalue weighted by atomic mass is 10.1. The molecule has 2 rings (SSSR count). The highest BCUT2D eigenvalue weighted by Crippen LogP contribution is 2.26. The molecule has 1 aromatic carbocycles. The maximum Gasteiger partial charge on any atom is 0.170 e. The van der Waals surface area contributed by atoms with Crippen LogP contribution in [0.15, 0.2) is 33.3 Å². The Hall–Kier alpha value is -1.09. The summed E-state index contributed by atoms with van der Waals surface area (Å²) in [7, 11) is 0. The molecule has 0 atom stereocenters. The van der Waals surface area contributed by atoms with E-state index < -0.39 is 0 Å². The Bertz CT molecular complexity index is 445. The van der Waals surface area contributed by atoms with Crippen LogP contribution in [0.4, 0.5) is 0 Å². The number of halogens is 1. The third-order valence-electron chi connectivity index (χ3n) is 2.26. The molecule has 0 aliphatic heterocycles. The highest BCUT2D eigenvalue weighted by atomic mass is 79.9. The molecule has 0 aliphatic carbocycles. The number of hydrogen-bond acceptors (Lipinski definition) is 2. The normalized spacial score (nSPS) is 9.56. The summed E-state index contributed by atoms with van der Waals surface area (Å²) in [6, 6.07) is 8.01. The Kier molecular flexibility index (Phi) is 4.74. The van der Waals surface area contributed by atoms with E-state index in [2.05, 4.69) is 21.1 Å². The van der Waals surface area contributed by atoms with E-state index in [1.165, 1.54) is 0 Å². The molecule has 0 saturated heterocycles. The van der Waals surface area contributed by atoms with Gasteiger partial charge in [0.2, 0.25) is 0 Å². The van der Waals surface area contributed by atoms with Crippen molar-refractivity contribution in [2.24, 2.45) is 0 Å². The van der Waals surface area contributed by atoms with Crippen LogP contribution in [0.5, 0.6) is 0 Å². The number of aryl methyl sites for hydroxylation is 1. The van der Waals surface area contributed by atoms with Gasteiger partial charge in [-0.05, 0) is 26.0 Å². The summed E-state index contributed by atoms with van der Waals surface area (Å²) in [5, 5.41) is 3.93. The summed E-state index contributed by atoms with van der Waals surface area (Å²) < 4.78 is 6.32. The largest absolute Gasteiger partial charge is 0.356 e. The second-order valence-electron chi connectivity index (χ2n) is 3.23. The Morgan fingerprint density at radius 3 is 2.06 bits per heavy atom. The van der Waals surface area contributed by atoms with Gasteiger partial charge in [0, 0.05) is 15.6 Å². The van der Waals surface area contributed by atoms with Crippen LogP contribution in [0, 0.1) is 13.8 Å². The van der Waals surface area contributed by atoms with Gasteiger partial charge in [-0.1, -0.05) is 47.1 Å². The quantitative estimate of drug-likeness (QED) is 0.754. The molecule has 16 heavy (non-hydrogen) atoms. The minimum atomic E-state index is 0.856. The van der Waals surface area contributed by atoms with Crippen LogP contribution in [-0.2, 0) is 0 Å². The van der Waals surface area contributed by atoms with E-state index >= 15 is 0 Å². The van der Waals surface area contributed by atoms with Gasteiger partial charge in [0.05, 0.1) is 5.69 Å². The molecule has 1 heterocycles. The first-order valence-corrected chi connectivity index (χ1v) is 6.16. The number of nitrogens with zero attached hydrogens (tertiary/aromatic N) is 1. The third kappa shape index (κ3) is 2.73. The van der Waals surface area contributed by atoms with E-state index in [-0.39, 0.29) is 0 Å². The van der Waals surface area contributed by atoms with Crippen molar-refractivity contribution in [3.05, 3.63) is 40.0 Å². The number of hydrogen-bond donors (Lipinski definition) is 0. The summed E-state index contributed by atoms with van der Waals surface area (Å²) in [5.41, 5.74) is 3.11. The van der Waals surface area contributed by atoms with E-state index in [4.69, 9.17) is 4.52 Å². The highest BCUT2D eigenvalue weighted by molar-refractivity contribution is 9.10. The van der Waals surface area contributed by atoms with Crippen LogP contribution in [0.2, 0.25) is 0 Å². The average Bonchev–Trinajstić information content (AvgIpc) is 2.64. The molecule has 0 saturated carbocycles. The third-order valence-corrected chi connectivity index (χ3v) is 2.79. The predicted octanol–water partition coefficient (Wildman–Crippen LogP) is 4.75. The Morgan fingerprint density at radius 2 is 1.62 bits per heavy atom. The summed E-state index contributed by atoms with van der Waals surface area (Å²) in [5.74, 6) is 0.856. The van der Waals surface area contributed by atoms with Crippen LogP contribution in [0.3, 0.4) is 0 Å². The fourth-order valence-electron chi connectivity index (χ4n) is 1.29. The lowest BCUT2D eigenvalue weighted by molar-refractivity contribution is 0.427. The molecule has 86 valence electrons. The number of rotatable bonds is 1. The van der Waals surface area contributed by atoms with Crippen molar-refractivity contribution in [1.29, 1.82) is 0 Å². The molecule has 1 aromatic heterocycles. The summed E-state index contributed by atoms with van der Waals surface area (Å²) in [6.07, 6.45) is 0. The van der Waals surface area contributed by atoms with E-state index in [1.54, 1.807) is 0 Å². The average molecular weight is 282 g/mol. The minimum absolute atomic E-state index is 0.856. The van der Waals surface area contributed by atoms with Crippen LogP contribution in [0.25, 0.3) is 11.3 Å². The summed E-state index contributed by atoms with van der Waals surface area (Å²) in [4.78, 5) is 0. The fourth-order valence-corrected chi connectivity index (χ4v) is 1.55. The van der Waals surface area contributed by atoms with Crippen LogP contribution >= 0.6 is 15.9 Å². The molecular weight excluding hydrogens is 266 g/mol. The topological polar surface area (TPSA) is 26.0 Å². The summed E-state index contributed by atoms with van der Waals surface area (Å²) in [6.45, 7) is 7.96. The van der Waals surface area contributed by atoms with E-state index in [0.29, 0.717) is 0 Å².